The summed E-state index contributed by atoms with van der Waals surface area (Å²) in [6, 6.07) is 11.7. The van der Waals surface area contributed by atoms with Crippen LogP contribution in [0.25, 0.3) is 11.0 Å². The van der Waals surface area contributed by atoms with Gasteiger partial charge in [0.25, 0.3) is 0 Å². The van der Waals surface area contributed by atoms with E-state index in [4.69, 9.17) is 9.15 Å². The predicted octanol–water partition coefficient (Wildman–Crippen LogP) is 6.23. The van der Waals surface area contributed by atoms with Gasteiger partial charge in [-0.3, -0.25) is 4.79 Å². The van der Waals surface area contributed by atoms with E-state index in [2.05, 4.69) is 27.7 Å². The van der Waals surface area contributed by atoms with Crippen LogP contribution in [0.1, 0.15) is 72.3 Å². The van der Waals surface area contributed by atoms with Crippen molar-refractivity contribution in [2.24, 2.45) is 0 Å². The molecule has 26 heavy (non-hydrogen) atoms. The van der Waals surface area contributed by atoms with Crippen LogP contribution >= 0.6 is 0 Å². The Balaban J connectivity index is 2.31. The number of methoxy groups -OCH3 is 1. The lowest BCUT2D eigenvalue weighted by molar-refractivity contribution is 0.103. The summed E-state index contributed by atoms with van der Waals surface area (Å²) < 4.78 is 11.3. The minimum Gasteiger partial charge on any atom is -0.497 e. The number of benzene rings is 2. The van der Waals surface area contributed by atoms with Crippen LogP contribution in [0.5, 0.6) is 5.75 Å². The van der Waals surface area contributed by atoms with E-state index in [0.29, 0.717) is 11.3 Å². The number of carbonyl (C=O) groups excluding carboxylic acids is 1. The minimum atomic E-state index is 0.0301. The Morgan fingerprint density at radius 3 is 2.08 bits per heavy atom. The fourth-order valence-corrected chi connectivity index (χ4v) is 3.52. The van der Waals surface area contributed by atoms with Crippen LogP contribution in [0.15, 0.2) is 40.8 Å². The first-order chi connectivity index (χ1) is 12.3. The van der Waals surface area contributed by atoms with Gasteiger partial charge in [-0.25, -0.2) is 0 Å². The third kappa shape index (κ3) is 3.03. The minimum absolute atomic E-state index is 0.0301. The highest BCUT2D eigenvalue weighted by molar-refractivity contribution is 6.18. The van der Waals surface area contributed by atoms with Crippen molar-refractivity contribution in [2.75, 3.05) is 7.11 Å². The maximum atomic E-state index is 13.7. The molecule has 3 aromatic rings. The highest BCUT2D eigenvalue weighted by Gasteiger charge is 2.26. The molecule has 0 aliphatic heterocycles. The number of hydrogen-bond acceptors (Lipinski definition) is 3. The van der Waals surface area contributed by atoms with Crippen molar-refractivity contribution in [2.45, 2.75) is 46.5 Å². The first-order valence-electron chi connectivity index (χ1n) is 9.09. The average Bonchev–Trinajstić information content (AvgIpc) is 2.95. The van der Waals surface area contributed by atoms with Crippen molar-refractivity contribution in [1.29, 1.82) is 0 Å². The number of hydrogen-bond donors (Lipinski definition) is 0. The number of fused-ring (bicyclic) bond motifs is 1. The number of carbonyl (C=O) groups is 1. The van der Waals surface area contributed by atoms with E-state index < -0.39 is 0 Å². The first kappa shape index (κ1) is 18.2. The third-order valence-electron chi connectivity index (χ3n) is 4.88. The highest BCUT2D eigenvalue weighted by atomic mass is 16.5. The molecule has 0 saturated heterocycles. The SMILES string of the molecule is COc1cc(C(C)C)c(C(=O)c2c(C)oc3ccccc23)c(C(C)C)c1. The van der Waals surface area contributed by atoms with E-state index in [-0.39, 0.29) is 17.6 Å². The summed E-state index contributed by atoms with van der Waals surface area (Å²) in [6.07, 6.45) is 0. The molecular formula is C23H26O3. The van der Waals surface area contributed by atoms with E-state index in [1.54, 1.807) is 7.11 Å². The summed E-state index contributed by atoms with van der Waals surface area (Å²) in [6.45, 7) is 10.3. The van der Waals surface area contributed by atoms with E-state index in [0.717, 1.165) is 33.4 Å². The molecule has 3 rings (SSSR count). The van der Waals surface area contributed by atoms with Crippen molar-refractivity contribution >= 4 is 16.8 Å². The molecule has 0 saturated carbocycles. The Labute approximate surface area is 155 Å². The molecule has 0 fully saturated rings. The quantitative estimate of drug-likeness (QED) is 0.512. The van der Waals surface area contributed by atoms with Crippen LogP contribution in [0.3, 0.4) is 0 Å². The van der Waals surface area contributed by atoms with E-state index in [9.17, 15) is 4.79 Å². The summed E-state index contributed by atoms with van der Waals surface area (Å²) in [5, 5.41) is 0.871. The second kappa shape index (κ2) is 6.99. The van der Waals surface area contributed by atoms with Crippen molar-refractivity contribution in [1.82, 2.24) is 0 Å². The number of para-hydroxylation sites is 1. The third-order valence-corrected chi connectivity index (χ3v) is 4.88. The van der Waals surface area contributed by atoms with Crippen LogP contribution in [0, 0.1) is 6.92 Å². The molecule has 0 bridgehead atoms. The molecule has 0 spiro atoms. The zero-order valence-electron chi connectivity index (χ0n) is 16.3. The molecule has 2 aromatic carbocycles. The largest absolute Gasteiger partial charge is 0.497 e. The second-order valence-corrected chi connectivity index (χ2v) is 7.35. The zero-order valence-corrected chi connectivity index (χ0v) is 16.3. The van der Waals surface area contributed by atoms with Gasteiger partial charge in [0.15, 0.2) is 5.78 Å². The van der Waals surface area contributed by atoms with Crippen LogP contribution < -0.4 is 4.74 Å². The zero-order chi connectivity index (χ0) is 19.0. The normalized spacial score (nSPS) is 11.5. The molecule has 0 radical (unpaired) electrons. The molecule has 0 amide bonds. The monoisotopic (exact) mass is 350 g/mol. The van der Waals surface area contributed by atoms with Gasteiger partial charge in [-0.15, -0.1) is 0 Å². The van der Waals surface area contributed by atoms with Gasteiger partial charge in [-0.1, -0.05) is 45.9 Å². The highest BCUT2D eigenvalue weighted by Crippen LogP contribution is 2.36. The molecular weight excluding hydrogens is 324 g/mol. The number of ether oxygens (including phenoxy) is 1. The lowest BCUT2D eigenvalue weighted by atomic mass is 9.84. The van der Waals surface area contributed by atoms with Gasteiger partial charge >= 0.3 is 0 Å². The first-order valence-corrected chi connectivity index (χ1v) is 9.09. The van der Waals surface area contributed by atoms with Crippen LogP contribution in [-0.2, 0) is 0 Å². The van der Waals surface area contributed by atoms with Crippen LogP contribution in [0.2, 0.25) is 0 Å². The van der Waals surface area contributed by atoms with E-state index >= 15 is 0 Å². The topological polar surface area (TPSA) is 39.4 Å². The van der Waals surface area contributed by atoms with E-state index in [1.165, 1.54) is 0 Å². The van der Waals surface area contributed by atoms with Gasteiger partial charge in [0.05, 0.1) is 12.7 Å². The van der Waals surface area contributed by atoms with Gasteiger partial charge in [0, 0.05) is 10.9 Å². The molecule has 1 aromatic heterocycles. The number of rotatable bonds is 5. The van der Waals surface area contributed by atoms with Crippen molar-refractivity contribution < 1.29 is 13.9 Å². The predicted molar refractivity (Wildman–Crippen MR) is 106 cm³/mol. The van der Waals surface area contributed by atoms with Gasteiger partial charge in [0.1, 0.15) is 17.1 Å². The smallest absolute Gasteiger partial charge is 0.197 e. The summed E-state index contributed by atoms with van der Waals surface area (Å²) in [7, 11) is 1.67. The Bertz CT molecular complexity index is 932. The molecule has 3 heteroatoms. The van der Waals surface area contributed by atoms with Crippen molar-refractivity contribution in [3.8, 4) is 5.75 Å². The lowest BCUT2D eigenvalue weighted by Gasteiger charge is -2.20. The fraction of sp³-hybridized carbons (Fsp3) is 0.348. The average molecular weight is 350 g/mol. The Morgan fingerprint density at radius 2 is 1.54 bits per heavy atom. The summed E-state index contributed by atoms with van der Waals surface area (Å²) in [5.41, 5.74) is 4.23. The van der Waals surface area contributed by atoms with Gasteiger partial charge in [0.2, 0.25) is 0 Å². The molecule has 0 unspecified atom stereocenters. The summed E-state index contributed by atoms with van der Waals surface area (Å²) in [5.74, 6) is 1.90. The molecule has 0 aliphatic carbocycles. The molecule has 1 heterocycles. The molecule has 0 aliphatic rings. The maximum Gasteiger partial charge on any atom is 0.197 e. The summed E-state index contributed by atoms with van der Waals surface area (Å²) >= 11 is 0. The number of aryl methyl sites for hydroxylation is 1. The molecule has 0 N–H and O–H groups in total. The molecule has 0 atom stereocenters. The van der Waals surface area contributed by atoms with Crippen LogP contribution in [0.4, 0.5) is 0 Å². The van der Waals surface area contributed by atoms with E-state index in [1.807, 2.05) is 43.3 Å². The Morgan fingerprint density at radius 1 is 0.962 bits per heavy atom. The standard InChI is InChI=1S/C23H26O3/c1-13(2)18-11-16(25-6)12-19(14(3)4)22(18)23(24)21-15(5)26-20-10-8-7-9-17(20)21/h7-14H,1-6H3. The number of furan rings is 1. The van der Waals surface area contributed by atoms with Crippen molar-refractivity contribution in [3.05, 3.63) is 64.4 Å². The second-order valence-electron chi connectivity index (χ2n) is 7.35. The molecule has 136 valence electrons. The number of ketones is 1. The Kier molecular flexibility index (Phi) is 4.90. The molecule has 3 nitrogen and oxygen atoms in total. The maximum absolute atomic E-state index is 13.7. The van der Waals surface area contributed by atoms with Gasteiger partial charge in [-0.05, 0) is 48.1 Å². The fourth-order valence-electron chi connectivity index (χ4n) is 3.52. The van der Waals surface area contributed by atoms with Crippen LogP contribution in [-0.4, -0.2) is 12.9 Å². The Hall–Kier alpha value is -2.55. The van der Waals surface area contributed by atoms with Gasteiger partial charge in [-0.2, -0.15) is 0 Å². The lowest BCUT2D eigenvalue weighted by Crippen LogP contribution is -2.13. The van der Waals surface area contributed by atoms with Crippen molar-refractivity contribution in [3.63, 3.8) is 0 Å². The summed E-state index contributed by atoms with van der Waals surface area (Å²) in [4.78, 5) is 13.7. The van der Waals surface area contributed by atoms with Gasteiger partial charge < -0.3 is 9.15 Å².